The minimum absolute atomic E-state index is 0.197. The van der Waals surface area contributed by atoms with Gasteiger partial charge in [0.2, 0.25) is 0 Å². The first-order valence-corrected chi connectivity index (χ1v) is 26.7. The zero-order valence-corrected chi connectivity index (χ0v) is 36.2. The fourth-order valence-electron chi connectivity index (χ4n) is 14.0. The number of rotatable bonds is 11. The fraction of sp³-hybridized carbons (Fsp3) is 0.556. The molecular weight excluding hydrogens is 711 g/mol. The van der Waals surface area contributed by atoms with Crippen LogP contribution < -0.4 is 0 Å². The molecule has 0 spiro atoms. The molecule has 294 valence electrons. The largest absolute Gasteiger partial charge is 0.0846 e. The third-order valence-corrected chi connectivity index (χ3v) is 24.5. The van der Waals surface area contributed by atoms with Crippen LogP contribution in [0, 0.1) is 0 Å². The molecule has 0 aliphatic heterocycles. The van der Waals surface area contributed by atoms with Crippen molar-refractivity contribution in [1.82, 2.24) is 0 Å². The highest BCUT2D eigenvalue weighted by atomic mass is 31.1. The Morgan fingerprint density at radius 2 is 0.554 bits per heavy atom. The van der Waals surface area contributed by atoms with Gasteiger partial charge in [-0.15, -0.1) is 0 Å². The summed E-state index contributed by atoms with van der Waals surface area (Å²) in [7, 11) is -0.417. The average molecular weight is 779 g/mol. The normalized spacial score (nSPS) is 22.5. The van der Waals surface area contributed by atoms with Gasteiger partial charge in [0.25, 0.3) is 0 Å². The van der Waals surface area contributed by atoms with Gasteiger partial charge in [-0.05, 0) is 131 Å². The van der Waals surface area contributed by atoms with Gasteiger partial charge in [0.15, 0.2) is 0 Å². The highest BCUT2D eigenvalue weighted by Crippen LogP contribution is 2.77. The van der Waals surface area contributed by atoms with Crippen LogP contribution in [0.1, 0.15) is 176 Å². The third-order valence-electron chi connectivity index (χ3n) is 16.2. The van der Waals surface area contributed by atoms with E-state index in [1.807, 2.05) is 0 Å². The number of fused-ring (bicyclic) bond motifs is 6. The molecule has 0 nitrogen and oxygen atoms in total. The fourth-order valence-corrected chi connectivity index (χ4v) is 24.1. The molecule has 4 aromatic carbocycles. The van der Waals surface area contributed by atoms with E-state index in [4.69, 9.17) is 0 Å². The van der Waals surface area contributed by atoms with Crippen LogP contribution in [0.5, 0.6) is 0 Å². The maximum absolute atomic E-state index is 2.63. The van der Waals surface area contributed by atoms with Gasteiger partial charge in [-0.25, -0.2) is 0 Å². The van der Waals surface area contributed by atoms with Crippen molar-refractivity contribution in [2.75, 3.05) is 0 Å². The molecule has 4 fully saturated rings. The first kappa shape index (κ1) is 38.0. The minimum Gasteiger partial charge on any atom is -0.0846 e. The van der Waals surface area contributed by atoms with Crippen molar-refractivity contribution in [2.45, 2.75) is 187 Å². The molecule has 56 heavy (non-hydrogen) atoms. The molecule has 6 aliphatic rings. The lowest BCUT2D eigenvalue weighted by atomic mass is 9.86. The summed E-state index contributed by atoms with van der Waals surface area (Å²) in [5.41, 5.74) is 17.0. The second kappa shape index (κ2) is 16.8. The van der Waals surface area contributed by atoms with Crippen LogP contribution >= 0.6 is 15.8 Å². The van der Waals surface area contributed by atoms with E-state index < -0.39 is 0 Å². The van der Waals surface area contributed by atoms with Crippen molar-refractivity contribution >= 4 is 15.8 Å². The average Bonchev–Trinajstić information content (AvgIpc) is 3.72. The van der Waals surface area contributed by atoms with Crippen molar-refractivity contribution in [3.63, 3.8) is 0 Å². The second-order valence-electron chi connectivity index (χ2n) is 19.1. The van der Waals surface area contributed by atoms with Gasteiger partial charge in [-0.3, -0.25) is 0 Å². The Hall–Kier alpha value is -2.26. The third kappa shape index (κ3) is 6.54. The monoisotopic (exact) mass is 778 g/mol. The number of hydrogen-bond donors (Lipinski definition) is 0. The van der Waals surface area contributed by atoms with E-state index in [0.29, 0.717) is 0 Å². The molecule has 0 saturated heterocycles. The van der Waals surface area contributed by atoms with Gasteiger partial charge in [0.05, 0.1) is 0 Å². The van der Waals surface area contributed by atoms with Crippen LogP contribution in [0.25, 0.3) is 22.3 Å². The van der Waals surface area contributed by atoms with Crippen molar-refractivity contribution in [3.8, 4) is 22.3 Å². The summed E-state index contributed by atoms with van der Waals surface area (Å²) in [6, 6.07) is 39.6. The maximum Gasteiger partial charge on any atom is 0.0418 e. The summed E-state index contributed by atoms with van der Waals surface area (Å²) in [5.74, 6) is 0. The smallest absolute Gasteiger partial charge is 0.0418 e. The number of hydrogen-bond acceptors (Lipinski definition) is 0. The summed E-state index contributed by atoms with van der Waals surface area (Å²) in [5, 5.41) is 0.394. The highest BCUT2D eigenvalue weighted by Gasteiger charge is 2.55. The summed E-state index contributed by atoms with van der Waals surface area (Å²) < 4.78 is 0. The van der Waals surface area contributed by atoms with Gasteiger partial charge in [0.1, 0.15) is 0 Å². The molecule has 0 N–H and O–H groups in total. The Morgan fingerprint density at radius 3 is 0.804 bits per heavy atom. The van der Waals surface area contributed by atoms with Crippen LogP contribution in [-0.4, -0.2) is 22.6 Å². The van der Waals surface area contributed by atoms with E-state index in [9.17, 15) is 0 Å². The molecule has 2 heteroatoms. The van der Waals surface area contributed by atoms with Gasteiger partial charge in [0, 0.05) is 10.3 Å². The van der Waals surface area contributed by atoms with Gasteiger partial charge >= 0.3 is 0 Å². The maximum atomic E-state index is 2.63. The zero-order valence-electron chi connectivity index (χ0n) is 34.4. The lowest BCUT2D eigenvalue weighted by molar-refractivity contribution is 0.458. The van der Waals surface area contributed by atoms with Crippen LogP contribution in [-0.2, 0) is 10.3 Å². The summed E-state index contributed by atoms with van der Waals surface area (Å²) >= 11 is 0. The Bertz CT molecular complexity index is 1670. The van der Waals surface area contributed by atoms with E-state index in [1.165, 1.54) is 154 Å². The van der Waals surface area contributed by atoms with Gasteiger partial charge < -0.3 is 0 Å². The van der Waals surface area contributed by atoms with Gasteiger partial charge in [-0.1, -0.05) is 203 Å². The van der Waals surface area contributed by atoms with E-state index in [2.05, 4.69) is 97.1 Å². The molecule has 0 heterocycles. The SMILES string of the molecule is c1ccc2c(c1)-c1ccccc1C2(CCCCC1(P(C2CCCCC2)C2CCCCC2)c2ccccc2-c2ccccc21)P(C1CCCCC1)C1CCCCC1. The van der Waals surface area contributed by atoms with Crippen molar-refractivity contribution in [3.05, 3.63) is 119 Å². The first-order chi connectivity index (χ1) is 27.8. The van der Waals surface area contributed by atoms with E-state index in [-0.39, 0.29) is 26.2 Å². The molecule has 10 rings (SSSR count). The predicted molar refractivity (Wildman–Crippen MR) is 245 cm³/mol. The van der Waals surface area contributed by atoms with Crippen molar-refractivity contribution in [1.29, 1.82) is 0 Å². The zero-order chi connectivity index (χ0) is 37.4. The molecular formula is C54H68P2. The molecule has 0 atom stereocenters. The lowest BCUT2D eigenvalue weighted by Gasteiger charge is -2.51. The Morgan fingerprint density at radius 1 is 0.321 bits per heavy atom. The number of unbranched alkanes of at least 4 members (excludes halogenated alkanes) is 1. The quantitative estimate of drug-likeness (QED) is 0.105. The molecule has 4 saturated carbocycles. The molecule has 0 aromatic heterocycles. The Balaban J connectivity index is 1.07. The highest BCUT2D eigenvalue weighted by molar-refractivity contribution is 7.61. The molecule has 0 unspecified atom stereocenters. The molecule has 6 aliphatic carbocycles. The van der Waals surface area contributed by atoms with Crippen LogP contribution in [0.2, 0.25) is 0 Å². The molecule has 0 radical (unpaired) electrons. The first-order valence-electron chi connectivity index (χ1n) is 23.8. The topological polar surface area (TPSA) is 0 Å². The molecule has 0 amide bonds. The van der Waals surface area contributed by atoms with Gasteiger partial charge in [-0.2, -0.15) is 0 Å². The van der Waals surface area contributed by atoms with Crippen LogP contribution in [0.15, 0.2) is 97.1 Å². The Labute approximate surface area is 343 Å². The van der Waals surface area contributed by atoms with E-state index >= 15 is 0 Å². The standard InChI is InChI=1S/C54H68P2/c1-5-23-41(24-6-1)55(42-25-7-2-8-26-42)53(49-35-17-13-31-45(49)46-32-14-18-36-50(46)53)39-21-22-40-54(51-37-19-15-33-47(51)48-34-16-20-38-52(48)54)56(43-27-9-3-10-28-43)44-29-11-4-12-30-44/h13-20,31-38,41-44H,1-12,21-30,39-40H2. The predicted octanol–water partition coefficient (Wildman–Crippen LogP) is 16.7. The van der Waals surface area contributed by atoms with E-state index in [0.717, 1.165) is 22.6 Å². The summed E-state index contributed by atoms with van der Waals surface area (Å²) in [6.45, 7) is 0. The lowest BCUT2D eigenvalue weighted by Crippen LogP contribution is -2.36. The minimum atomic E-state index is -0.209. The Kier molecular flexibility index (Phi) is 11.4. The van der Waals surface area contributed by atoms with Crippen LogP contribution in [0.3, 0.4) is 0 Å². The summed E-state index contributed by atoms with van der Waals surface area (Å²) in [6.07, 6.45) is 34.8. The van der Waals surface area contributed by atoms with E-state index in [1.54, 1.807) is 44.5 Å². The van der Waals surface area contributed by atoms with Crippen molar-refractivity contribution in [2.24, 2.45) is 0 Å². The number of benzene rings is 4. The molecule has 0 bridgehead atoms. The second-order valence-corrected chi connectivity index (χ2v) is 25.2. The summed E-state index contributed by atoms with van der Waals surface area (Å²) in [4.78, 5) is 0. The molecule has 4 aromatic rings. The van der Waals surface area contributed by atoms with Crippen molar-refractivity contribution < 1.29 is 0 Å². The van der Waals surface area contributed by atoms with Crippen LogP contribution in [0.4, 0.5) is 0 Å².